The zero-order valence-corrected chi connectivity index (χ0v) is 10.4. The third kappa shape index (κ3) is 1.15. The lowest BCUT2D eigenvalue weighted by atomic mass is 10.1. The number of para-hydroxylation sites is 1. The van der Waals surface area contributed by atoms with E-state index in [4.69, 9.17) is 4.99 Å². The molecule has 2 heteroatoms. The summed E-state index contributed by atoms with van der Waals surface area (Å²) in [6.07, 6.45) is 3.35. The average Bonchev–Trinajstić information content (AvgIpc) is 2.73. The molecule has 0 amide bonds. The number of nitrogens with zero attached hydrogens (tertiary/aromatic N) is 2. The zero-order chi connectivity index (χ0) is 12.1. The molecule has 0 saturated carbocycles. The van der Waals surface area contributed by atoms with Gasteiger partial charge in [0.15, 0.2) is 0 Å². The van der Waals surface area contributed by atoms with Crippen molar-refractivity contribution in [3.63, 3.8) is 0 Å². The van der Waals surface area contributed by atoms with Gasteiger partial charge in [0.1, 0.15) is 0 Å². The van der Waals surface area contributed by atoms with Gasteiger partial charge < -0.3 is 4.57 Å². The fourth-order valence-corrected chi connectivity index (χ4v) is 2.98. The summed E-state index contributed by atoms with van der Waals surface area (Å²) in [4.78, 5) is 4.74. The molecule has 0 radical (unpaired) electrons. The normalized spacial score (nSPS) is 14.3. The minimum Gasteiger partial charge on any atom is -0.344 e. The van der Waals surface area contributed by atoms with Gasteiger partial charge in [-0.25, -0.2) is 0 Å². The van der Waals surface area contributed by atoms with Crippen LogP contribution >= 0.6 is 0 Å². The van der Waals surface area contributed by atoms with Crippen LogP contribution in [0.2, 0.25) is 0 Å². The molecule has 4 rings (SSSR count). The van der Waals surface area contributed by atoms with Crippen LogP contribution in [0.1, 0.15) is 6.42 Å². The van der Waals surface area contributed by atoms with Gasteiger partial charge in [0.2, 0.25) is 0 Å². The topological polar surface area (TPSA) is 17.3 Å². The van der Waals surface area contributed by atoms with Crippen molar-refractivity contribution in [1.29, 1.82) is 0 Å². The molecule has 1 aliphatic rings. The van der Waals surface area contributed by atoms with Gasteiger partial charge in [0, 0.05) is 29.9 Å². The second-order valence-electron chi connectivity index (χ2n) is 4.85. The molecule has 0 atom stereocenters. The number of rotatable bonds is 0. The van der Waals surface area contributed by atoms with E-state index >= 15 is 0 Å². The Balaban J connectivity index is 2.41. The lowest BCUT2D eigenvalue weighted by molar-refractivity contribution is 0.965. The highest BCUT2D eigenvalue weighted by molar-refractivity contribution is 6.07. The molecule has 3 aromatic rings. The number of hydrogen-bond acceptors (Lipinski definition) is 1. The van der Waals surface area contributed by atoms with Crippen LogP contribution in [-0.2, 0) is 7.05 Å². The summed E-state index contributed by atoms with van der Waals surface area (Å²) in [6.45, 7) is 0.912. The molecule has 18 heavy (non-hydrogen) atoms. The highest BCUT2D eigenvalue weighted by Crippen LogP contribution is 2.24. The van der Waals surface area contributed by atoms with Crippen molar-refractivity contribution in [2.75, 3.05) is 6.54 Å². The predicted octanol–water partition coefficient (Wildman–Crippen LogP) is 2.14. The van der Waals surface area contributed by atoms with Gasteiger partial charge >= 0.3 is 0 Å². The molecule has 0 aliphatic carbocycles. The maximum atomic E-state index is 4.74. The quantitative estimate of drug-likeness (QED) is 0.567. The molecule has 88 valence electrons. The Morgan fingerprint density at radius 3 is 2.89 bits per heavy atom. The summed E-state index contributed by atoms with van der Waals surface area (Å²) < 4.78 is 2.26. The molecule has 1 aliphatic heterocycles. The summed E-state index contributed by atoms with van der Waals surface area (Å²) in [5.41, 5.74) is 2.55. The average molecular weight is 234 g/mol. The minimum absolute atomic E-state index is 0.912. The second-order valence-corrected chi connectivity index (χ2v) is 4.85. The number of benzene rings is 2. The first-order valence-electron chi connectivity index (χ1n) is 6.37. The fraction of sp³-hybridized carbons (Fsp3) is 0.188. The monoisotopic (exact) mass is 234 g/mol. The Labute approximate surface area is 105 Å². The number of fused-ring (bicyclic) bond motifs is 5. The summed E-state index contributed by atoms with van der Waals surface area (Å²) in [6, 6.07) is 13.0. The maximum absolute atomic E-state index is 4.74. The molecular weight excluding hydrogens is 220 g/mol. The molecule has 0 bridgehead atoms. The third-order valence-electron chi connectivity index (χ3n) is 3.85. The van der Waals surface area contributed by atoms with E-state index in [1.54, 1.807) is 0 Å². The Bertz CT molecular complexity index is 885. The summed E-state index contributed by atoms with van der Waals surface area (Å²) in [5, 5.41) is 5.08. The van der Waals surface area contributed by atoms with E-state index in [1.165, 1.54) is 32.4 Å². The zero-order valence-electron chi connectivity index (χ0n) is 10.4. The van der Waals surface area contributed by atoms with E-state index in [1.807, 2.05) is 0 Å². The van der Waals surface area contributed by atoms with Gasteiger partial charge in [-0.1, -0.05) is 30.3 Å². The molecule has 2 heterocycles. The van der Waals surface area contributed by atoms with Crippen LogP contribution in [0.3, 0.4) is 0 Å². The number of hydrogen-bond donors (Lipinski definition) is 0. The SMILES string of the molecule is Cn1c2ccccc2c2c3c(ccc21)=CCCN=3. The van der Waals surface area contributed by atoms with Crippen LogP contribution in [-0.4, -0.2) is 11.1 Å². The van der Waals surface area contributed by atoms with Gasteiger partial charge in [-0.05, 0) is 23.8 Å². The fourth-order valence-electron chi connectivity index (χ4n) is 2.98. The number of aryl methyl sites for hydroxylation is 1. The molecule has 0 fully saturated rings. The van der Waals surface area contributed by atoms with Crippen molar-refractivity contribution in [2.45, 2.75) is 6.42 Å². The summed E-state index contributed by atoms with van der Waals surface area (Å²) >= 11 is 0. The van der Waals surface area contributed by atoms with Crippen LogP contribution in [0.25, 0.3) is 27.9 Å². The van der Waals surface area contributed by atoms with Crippen molar-refractivity contribution in [3.8, 4) is 0 Å². The lowest BCUT2D eigenvalue weighted by Crippen LogP contribution is -2.28. The highest BCUT2D eigenvalue weighted by Gasteiger charge is 2.10. The van der Waals surface area contributed by atoms with Gasteiger partial charge in [0.05, 0.1) is 10.9 Å². The first-order chi connectivity index (χ1) is 8.86. The van der Waals surface area contributed by atoms with E-state index in [2.05, 4.69) is 54.1 Å². The van der Waals surface area contributed by atoms with E-state index in [-0.39, 0.29) is 0 Å². The maximum Gasteiger partial charge on any atom is 0.0743 e. The van der Waals surface area contributed by atoms with E-state index in [0.29, 0.717) is 0 Å². The molecule has 2 nitrogen and oxygen atoms in total. The van der Waals surface area contributed by atoms with Crippen LogP contribution in [0.5, 0.6) is 0 Å². The Morgan fingerprint density at radius 2 is 1.94 bits per heavy atom. The first kappa shape index (κ1) is 9.89. The van der Waals surface area contributed by atoms with Crippen molar-refractivity contribution in [1.82, 2.24) is 4.57 Å². The molecule has 0 saturated heterocycles. The number of aromatic nitrogens is 1. The van der Waals surface area contributed by atoms with E-state index in [0.717, 1.165) is 13.0 Å². The molecule has 0 N–H and O–H groups in total. The third-order valence-corrected chi connectivity index (χ3v) is 3.85. The molecule has 2 aromatic carbocycles. The highest BCUT2D eigenvalue weighted by atomic mass is 14.9. The lowest BCUT2D eigenvalue weighted by Gasteiger charge is -2.02. The smallest absolute Gasteiger partial charge is 0.0743 e. The van der Waals surface area contributed by atoms with Crippen LogP contribution in [0.15, 0.2) is 41.4 Å². The Morgan fingerprint density at radius 1 is 1.06 bits per heavy atom. The van der Waals surface area contributed by atoms with Gasteiger partial charge in [-0.2, -0.15) is 0 Å². The molecular formula is C16H14N2. The molecule has 0 spiro atoms. The summed E-state index contributed by atoms with van der Waals surface area (Å²) in [7, 11) is 2.13. The van der Waals surface area contributed by atoms with Crippen molar-refractivity contribution in [3.05, 3.63) is 47.0 Å². The van der Waals surface area contributed by atoms with Crippen LogP contribution < -0.4 is 10.6 Å². The van der Waals surface area contributed by atoms with Crippen LogP contribution in [0, 0.1) is 0 Å². The van der Waals surface area contributed by atoms with E-state index in [9.17, 15) is 0 Å². The first-order valence-corrected chi connectivity index (χ1v) is 6.37. The van der Waals surface area contributed by atoms with Gasteiger partial charge in [-0.3, -0.25) is 4.99 Å². The van der Waals surface area contributed by atoms with Crippen LogP contribution in [0.4, 0.5) is 0 Å². The standard InChI is InChI=1S/C16H14N2/c1-18-13-7-3-2-6-12(13)15-14(18)9-8-11-5-4-10-17-16(11)15/h2-3,5-9H,4,10H2,1H3. The van der Waals surface area contributed by atoms with Gasteiger partial charge in [0.25, 0.3) is 0 Å². The minimum atomic E-state index is 0.912. The Hall–Kier alpha value is -2.09. The largest absolute Gasteiger partial charge is 0.344 e. The van der Waals surface area contributed by atoms with Crippen molar-refractivity contribution >= 4 is 27.9 Å². The summed E-state index contributed by atoms with van der Waals surface area (Å²) in [5.74, 6) is 0. The van der Waals surface area contributed by atoms with E-state index < -0.39 is 0 Å². The molecule has 0 unspecified atom stereocenters. The van der Waals surface area contributed by atoms with Gasteiger partial charge in [-0.15, -0.1) is 0 Å². The second kappa shape index (κ2) is 3.45. The Kier molecular flexibility index (Phi) is 1.90. The molecule has 1 aromatic heterocycles. The van der Waals surface area contributed by atoms with Crippen molar-refractivity contribution < 1.29 is 0 Å². The van der Waals surface area contributed by atoms with Crippen molar-refractivity contribution in [2.24, 2.45) is 12.0 Å². The predicted molar refractivity (Wildman–Crippen MR) is 75.2 cm³/mol.